The Balaban J connectivity index is 1.51. The smallest absolute Gasteiger partial charge is 0.295 e. The maximum Gasteiger partial charge on any atom is 0.295 e. The lowest BCUT2D eigenvalue weighted by Crippen LogP contribution is -2.44. The molecule has 1 atom stereocenters. The Kier molecular flexibility index (Phi) is 7.42. The van der Waals surface area contributed by atoms with Gasteiger partial charge in [-0.2, -0.15) is 0 Å². The van der Waals surface area contributed by atoms with Crippen LogP contribution in [0.25, 0.3) is 5.69 Å². The third kappa shape index (κ3) is 5.33. The van der Waals surface area contributed by atoms with Crippen LogP contribution in [0.4, 0.5) is 5.69 Å². The van der Waals surface area contributed by atoms with Crippen LogP contribution in [0.1, 0.15) is 24.1 Å². The number of para-hydroxylation sites is 1. The minimum Gasteiger partial charge on any atom is -0.320 e. The largest absolute Gasteiger partial charge is 0.320 e. The molecule has 1 amide bonds. The molecule has 4 rings (SSSR count). The second kappa shape index (κ2) is 10.2. The third-order valence-electron chi connectivity index (χ3n) is 6.30. The van der Waals surface area contributed by atoms with Gasteiger partial charge in [-0.1, -0.05) is 47.5 Å². The summed E-state index contributed by atoms with van der Waals surface area (Å²) in [5.74, 6) is -1.24. The molecule has 11 heteroatoms. The van der Waals surface area contributed by atoms with Crippen molar-refractivity contribution in [1.29, 1.82) is 0 Å². The molecule has 35 heavy (non-hydrogen) atoms. The van der Waals surface area contributed by atoms with Crippen molar-refractivity contribution >= 4 is 44.8 Å². The average molecular weight is 537 g/mol. The van der Waals surface area contributed by atoms with Gasteiger partial charge < -0.3 is 5.32 Å². The summed E-state index contributed by atoms with van der Waals surface area (Å²) in [6.07, 6.45) is 1.06. The number of carbonyl (C=O) groups excluding carboxylic acids is 1. The van der Waals surface area contributed by atoms with E-state index >= 15 is 0 Å². The van der Waals surface area contributed by atoms with E-state index in [1.807, 2.05) is 30.3 Å². The molecule has 1 fully saturated rings. The van der Waals surface area contributed by atoms with E-state index < -0.39 is 15.9 Å². The number of sulfonamides is 1. The van der Waals surface area contributed by atoms with Crippen LogP contribution in [0.5, 0.6) is 0 Å². The number of hydrogen-bond donors (Lipinski definition) is 1. The van der Waals surface area contributed by atoms with Gasteiger partial charge in [0.1, 0.15) is 5.69 Å². The van der Waals surface area contributed by atoms with E-state index in [2.05, 4.69) is 5.32 Å². The minimum atomic E-state index is -3.71. The van der Waals surface area contributed by atoms with Gasteiger partial charge in [0.2, 0.25) is 15.9 Å². The highest BCUT2D eigenvalue weighted by Crippen LogP contribution is 2.27. The molecule has 8 nitrogen and oxygen atoms in total. The van der Waals surface area contributed by atoms with Crippen LogP contribution >= 0.6 is 23.2 Å². The highest BCUT2D eigenvalue weighted by molar-refractivity contribution is 7.88. The van der Waals surface area contributed by atoms with Gasteiger partial charge in [0.05, 0.1) is 23.1 Å². The zero-order chi connectivity index (χ0) is 25.3. The lowest BCUT2D eigenvalue weighted by atomic mass is 9.99. The first kappa shape index (κ1) is 25.5. The lowest BCUT2D eigenvalue weighted by Gasteiger charge is -2.31. The first-order valence-electron chi connectivity index (χ1n) is 11.1. The summed E-state index contributed by atoms with van der Waals surface area (Å²) in [4.78, 5) is 26.2. The van der Waals surface area contributed by atoms with E-state index in [0.29, 0.717) is 41.4 Å². The molecule has 1 N–H and O–H groups in total. The molecule has 0 saturated carbocycles. The molecular formula is C24H26Cl2N4O4S. The summed E-state index contributed by atoms with van der Waals surface area (Å²) < 4.78 is 30.6. The Labute approximate surface area is 214 Å². The predicted octanol–water partition coefficient (Wildman–Crippen LogP) is 3.97. The fraction of sp³-hybridized carbons (Fsp3) is 0.333. The molecule has 2 heterocycles. The van der Waals surface area contributed by atoms with Crippen LogP contribution in [0.15, 0.2) is 53.3 Å². The van der Waals surface area contributed by atoms with Gasteiger partial charge in [-0.05, 0) is 49.6 Å². The topological polar surface area (TPSA) is 93.4 Å². The standard InChI is InChI=1S/C24H26Cl2N4O4S/c1-16-22(24(32)30(28(16)2)20-8-4-3-5-9-20)27-23(31)17-7-6-12-29(14-17)35(33,34)15-18-10-11-19(25)13-21(18)26/h3-5,8-11,13,17H,6-7,12,14-15H2,1-2H3,(H,27,31). The van der Waals surface area contributed by atoms with Crippen LogP contribution in [0.2, 0.25) is 10.0 Å². The van der Waals surface area contributed by atoms with Gasteiger partial charge in [-0.15, -0.1) is 0 Å². The van der Waals surface area contributed by atoms with Gasteiger partial charge in [0.15, 0.2) is 0 Å². The van der Waals surface area contributed by atoms with Gasteiger partial charge in [0, 0.05) is 30.2 Å². The molecule has 0 radical (unpaired) electrons. The first-order valence-corrected chi connectivity index (χ1v) is 13.5. The van der Waals surface area contributed by atoms with Gasteiger partial charge in [0.25, 0.3) is 5.56 Å². The highest BCUT2D eigenvalue weighted by atomic mass is 35.5. The van der Waals surface area contributed by atoms with Crippen molar-refractivity contribution in [3.8, 4) is 5.69 Å². The van der Waals surface area contributed by atoms with Gasteiger partial charge in [-0.3, -0.25) is 14.3 Å². The Hall–Kier alpha value is -2.59. The van der Waals surface area contributed by atoms with Gasteiger partial charge >= 0.3 is 0 Å². The molecule has 1 saturated heterocycles. The van der Waals surface area contributed by atoms with Crippen LogP contribution in [0, 0.1) is 12.8 Å². The molecule has 0 bridgehead atoms. The van der Waals surface area contributed by atoms with E-state index in [-0.39, 0.29) is 34.5 Å². The van der Waals surface area contributed by atoms with Crippen LogP contribution < -0.4 is 10.9 Å². The molecule has 3 aromatic rings. The van der Waals surface area contributed by atoms with Crippen LogP contribution in [-0.4, -0.2) is 41.1 Å². The molecule has 1 aliphatic heterocycles. The number of benzene rings is 2. The quantitative estimate of drug-likeness (QED) is 0.515. The molecule has 1 aliphatic rings. The monoisotopic (exact) mass is 536 g/mol. The SMILES string of the molecule is Cc1c(NC(=O)C2CCCN(S(=O)(=O)Cc3ccc(Cl)cc3Cl)C2)c(=O)n(-c2ccccc2)n1C. The average Bonchev–Trinajstić information content (AvgIpc) is 3.04. The van der Waals surface area contributed by atoms with Crippen LogP contribution in [-0.2, 0) is 27.6 Å². The van der Waals surface area contributed by atoms with Crippen molar-refractivity contribution in [3.63, 3.8) is 0 Å². The lowest BCUT2D eigenvalue weighted by molar-refractivity contribution is -0.120. The Morgan fingerprint density at radius 1 is 1.14 bits per heavy atom. The zero-order valence-corrected chi connectivity index (χ0v) is 21.7. The number of hydrogen-bond acceptors (Lipinski definition) is 4. The Morgan fingerprint density at radius 3 is 2.54 bits per heavy atom. The summed E-state index contributed by atoms with van der Waals surface area (Å²) in [6, 6.07) is 13.8. The third-order valence-corrected chi connectivity index (χ3v) is 8.68. The summed E-state index contributed by atoms with van der Waals surface area (Å²) >= 11 is 12.1. The summed E-state index contributed by atoms with van der Waals surface area (Å²) in [7, 11) is -1.96. The summed E-state index contributed by atoms with van der Waals surface area (Å²) in [5.41, 5.74) is 1.57. The Morgan fingerprint density at radius 2 is 1.86 bits per heavy atom. The van der Waals surface area contributed by atoms with E-state index in [1.165, 1.54) is 15.1 Å². The summed E-state index contributed by atoms with van der Waals surface area (Å²) in [6.45, 7) is 2.12. The first-order chi connectivity index (χ1) is 16.6. The number of carbonyl (C=O) groups is 1. The molecule has 1 unspecified atom stereocenters. The fourth-order valence-corrected chi connectivity index (χ4v) is 6.47. The number of rotatable bonds is 6. The van der Waals surface area contributed by atoms with Crippen molar-refractivity contribution in [2.24, 2.45) is 13.0 Å². The van der Waals surface area contributed by atoms with Crippen molar-refractivity contribution in [3.05, 3.63) is 80.2 Å². The van der Waals surface area contributed by atoms with Crippen molar-refractivity contribution < 1.29 is 13.2 Å². The van der Waals surface area contributed by atoms with E-state index in [4.69, 9.17) is 23.2 Å². The predicted molar refractivity (Wildman–Crippen MR) is 138 cm³/mol. The number of amides is 1. The molecule has 2 aromatic carbocycles. The number of aromatic nitrogens is 2. The minimum absolute atomic E-state index is 0.0398. The molecule has 0 aliphatic carbocycles. The second-order valence-electron chi connectivity index (χ2n) is 8.61. The maximum absolute atomic E-state index is 13.1. The highest BCUT2D eigenvalue weighted by Gasteiger charge is 2.33. The van der Waals surface area contributed by atoms with Crippen molar-refractivity contribution in [1.82, 2.24) is 13.7 Å². The molecule has 1 aromatic heterocycles. The fourth-order valence-electron chi connectivity index (χ4n) is 4.27. The number of nitrogens with zero attached hydrogens (tertiary/aromatic N) is 3. The van der Waals surface area contributed by atoms with Crippen molar-refractivity contribution in [2.75, 3.05) is 18.4 Å². The number of nitrogens with one attached hydrogen (secondary N) is 1. The van der Waals surface area contributed by atoms with E-state index in [0.717, 1.165) is 0 Å². The van der Waals surface area contributed by atoms with Crippen LogP contribution in [0.3, 0.4) is 0 Å². The summed E-state index contributed by atoms with van der Waals surface area (Å²) in [5, 5.41) is 3.47. The zero-order valence-electron chi connectivity index (χ0n) is 19.4. The van der Waals surface area contributed by atoms with E-state index in [9.17, 15) is 18.0 Å². The van der Waals surface area contributed by atoms with E-state index in [1.54, 1.807) is 30.8 Å². The second-order valence-corrected chi connectivity index (χ2v) is 11.4. The molecule has 0 spiro atoms. The number of piperidine rings is 1. The number of halogens is 2. The maximum atomic E-state index is 13.1. The number of anilines is 1. The van der Waals surface area contributed by atoms with Crippen molar-refractivity contribution in [2.45, 2.75) is 25.5 Å². The van der Waals surface area contributed by atoms with Gasteiger partial charge in [-0.25, -0.2) is 17.4 Å². The molecule has 186 valence electrons. The Bertz CT molecular complexity index is 1420. The normalized spacial score (nSPS) is 16.9. The molecular weight excluding hydrogens is 511 g/mol.